The molecule has 4 unspecified atom stereocenters. The Morgan fingerprint density at radius 2 is 1.78 bits per heavy atom. The predicted octanol–water partition coefficient (Wildman–Crippen LogP) is 1.47. The van der Waals surface area contributed by atoms with Gasteiger partial charge in [-0.15, -0.1) is 0 Å². The molecule has 0 spiro atoms. The topological polar surface area (TPSA) is 166 Å². The molecule has 4 aliphatic rings. The number of rotatable bonds is 9. The third-order valence-electron chi connectivity index (χ3n) is 11.2. The number of fused-ring (bicyclic) bond motifs is 1. The summed E-state index contributed by atoms with van der Waals surface area (Å²) >= 11 is 0. The van der Waals surface area contributed by atoms with Crippen molar-refractivity contribution in [1.29, 1.82) is 0 Å². The Kier molecular flexibility index (Phi) is 13.5. The van der Waals surface area contributed by atoms with Crippen LogP contribution in [0.2, 0.25) is 0 Å². The molecule has 282 valence electrons. The number of nitrogens with one attached hydrogen (secondary N) is 3. The molecule has 4 rings (SSSR count). The number of cyclic esters (lactones) is 1. The van der Waals surface area contributed by atoms with Gasteiger partial charge in [0.05, 0.1) is 37.1 Å². The third-order valence-corrected chi connectivity index (χ3v) is 11.2. The fourth-order valence-corrected chi connectivity index (χ4v) is 8.00. The molecule has 0 radical (unpaired) electrons. The van der Waals surface area contributed by atoms with Crippen LogP contribution in [0.3, 0.4) is 0 Å². The Labute approximate surface area is 291 Å². The molecule has 0 aromatic rings. The van der Waals surface area contributed by atoms with Crippen molar-refractivity contribution in [2.75, 3.05) is 54.1 Å². The summed E-state index contributed by atoms with van der Waals surface area (Å²) in [7, 11) is 5.42. The van der Waals surface area contributed by atoms with E-state index in [1.54, 1.807) is 21.0 Å². The Morgan fingerprint density at radius 1 is 1.08 bits per heavy atom. The molecule has 0 saturated carbocycles. The number of carbonyl (C=O) groups excluding carboxylic acids is 3. The van der Waals surface area contributed by atoms with Crippen LogP contribution >= 0.6 is 0 Å². The summed E-state index contributed by atoms with van der Waals surface area (Å²) in [6, 6.07) is -0.997. The number of alkyl carbamates (subject to hydrolysis) is 1. The fourth-order valence-electron chi connectivity index (χ4n) is 8.00. The minimum atomic E-state index is -1.16. The van der Waals surface area contributed by atoms with Crippen molar-refractivity contribution in [3.05, 3.63) is 0 Å². The zero-order valence-electron chi connectivity index (χ0n) is 31.2. The smallest absolute Gasteiger partial charge is 0.408 e. The summed E-state index contributed by atoms with van der Waals surface area (Å²) in [5.41, 5.74) is -2.19. The summed E-state index contributed by atoms with van der Waals surface area (Å²) in [6.07, 6.45) is -3.15. The first kappa shape index (κ1) is 39.9. The Bertz CT molecular complexity index is 1140. The lowest BCUT2D eigenvalue weighted by Gasteiger charge is -2.47. The van der Waals surface area contributed by atoms with E-state index in [4.69, 9.17) is 28.4 Å². The van der Waals surface area contributed by atoms with Gasteiger partial charge in [0.1, 0.15) is 18.1 Å². The van der Waals surface area contributed by atoms with E-state index in [1.165, 1.54) is 6.92 Å². The van der Waals surface area contributed by atoms with E-state index in [0.29, 0.717) is 38.3 Å². The van der Waals surface area contributed by atoms with Crippen molar-refractivity contribution in [3.63, 3.8) is 0 Å². The van der Waals surface area contributed by atoms with Crippen molar-refractivity contribution >= 4 is 17.8 Å². The Hall–Kier alpha value is -1.91. The van der Waals surface area contributed by atoms with Crippen molar-refractivity contribution in [3.8, 4) is 0 Å². The first-order chi connectivity index (χ1) is 23.0. The highest BCUT2D eigenvalue weighted by Crippen LogP contribution is 2.37. The zero-order chi connectivity index (χ0) is 36.3. The van der Waals surface area contributed by atoms with E-state index in [0.717, 1.165) is 19.8 Å². The number of ether oxygens (including phenoxy) is 6. The van der Waals surface area contributed by atoms with Crippen LogP contribution in [-0.2, 0) is 38.0 Å². The van der Waals surface area contributed by atoms with Gasteiger partial charge in [-0.05, 0) is 73.5 Å². The SMILES string of the molecule is CC[C@H]1OC(=O)C(C)C(=O)[C@H](C)[C@@H](O[C@@H]2OC(CNCC3COC3)CC(N(C)C)C2O)[C@](C)(OC)C[C@@H](C)CN[C@H](C)[C@H]2NC(=O)O[C@@]21C. The van der Waals surface area contributed by atoms with Crippen LogP contribution in [0.15, 0.2) is 0 Å². The number of hydrogen-bond acceptors (Lipinski definition) is 13. The van der Waals surface area contributed by atoms with Gasteiger partial charge in [0.15, 0.2) is 17.7 Å². The molecule has 13 atom stereocenters. The lowest BCUT2D eigenvalue weighted by molar-refractivity contribution is -0.297. The predicted molar refractivity (Wildman–Crippen MR) is 181 cm³/mol. The second-order valence-corrected chi connectivity index (χ2v) is 15.5. The van der Waals surface area contributed by atoms with Crippen LogP contribution < -0.4 is 16.0 Å². The molecule has 14 nitrogen and oxygen atoms in total. The van der Waals surface area contributed by atoms with Crippen LogP contribution in [0.4, 0.5) is 4.79 Å². The lowest BCUT2D eigenvalue weighted by Crippen LogP contribution is -2.60. The second kappa shape index (κ2) is 16.6. The molecule has 4 N–H and O–H groups in total. The van der Waals surface area contributed by atoms with Gasteiger partial charge in [-0.3, -0.25) is 9.59 Å². The summed E-state index contributed by atoms with van der Waals surface area (Å²) in [5.74, 6) is -2.61. The highest BCUT2D eigenvalue weighted by atomic mass is 16.7. The third kappa shape index (κ3) is 8.94. The van der Waals surface area contributed by atoms with Crippen LogP contribution in [0, 0.1) is 23.7 Å². The van der Waals surface area contributed by atoms with Gasteiger partial charge in [0.25, 0.3) is 0 Å². The number of carbonyl (C=O) groups is 3. The highest BCUT2D eigenvalue weighted by Gasteiger charge is 2.55. The van der Waals surface area contributed by atoms with Crippen molar-refractivity contribution < 1.29 is 47.9 Å². The highest BCUT2D eigenvalue weighted by molar-refractivity contribution is 6.00. The fraction of sp³-hybridized carbons (Fsp3) is 0.914. The molecule has 0 aromatic carbocycles. The number of methoxy groups -OCH3 is 1. The minimum Gasteiger partial charge on any atom is -0.458 e. The largest absolute Gasteiger partial charge is 0.458 e. The van der Waals surface area contributed by atoms with E-state index in [1.807, 2.05) is 39.8 Å². The molecule has 0 aliphatic carbocycles. The molecular formula is C35H62N4O10. The van der Waals surface area contributed by atoms with Gasteiger partial charge in [0.2, 0.25) is 0 Å². The summed E-state index contributed by atoms with van der Waals surface area (Å²) in [6.45, 7) is 16.2. The number of likely N-dealkylation sites (N-methyl/N-ethyl adjacent to an activating group) is 1. The van der Waals surface area contributed by atoms with Gasteiger partial charge in [-0.2, -0.15) is 0 Å². The van der Waals surface area contributed by atoms with E-state index in [-0.39, 0.29) is 29.9 Å². The minimum absolute atomic E-state index is 0.0200. The first-order valence-electron chi connectivity index (χ1n) is 18.0. The molecule has 1 amide bonds. The van der Waals surface area contributed by atoms with Gasteiger partial charge in [-0.1, -0.05) is 20.8 Å². The maximum atomic E-state index is 14.2. The summed E-state index contributed by atoms with van der Waals surface area (Å²) in [5, 5.41) is 21.5. The van der Waals surface area contributed by atoms with E-state index >= 15 is 0 Å². The summed E-state index contributed by atoms with van der Waals surface area (Å²) in [4.78, 5) is 42.4. The van der Waals surface area contributed by atoms with E-state index in [2.05, 4.69) is 22.9 Å². The Balaban J connectivity index is 1.64. The van der Waals surface area contributed by atoms with Crippen LogP contribution in [0.5, 0.6) is 0 Å². The Morgan fingerprint density at radius 3 is 2.37 bits per heavy atom. The van der Waals surface area contributed by atoms with Crippen LogP contribution in [0.1, 0.15) is 67.7 Å². The molecule has 4 heterocycles. The van der Waals surface area contributed by atoms with Gasteiger partial charge in [-0.25, -0.2) is 4.79 Å². The van der Waals surface area contributed by atoms with E-state index < -0.39 is 65.7 Å². The molecule has 4 aliphatic heterocycles. The number of Topliss-reactive ketones (excluding diaryl/α,β-unsaturated/α-hetero) is 1. The van der Waals surface area contributed by atoms with Crippen molar-refractivity contribution in [2.24, 2.45) is 23.7 Å². The van der Waals surface area contributed by atoms with Gasteiger partial charge < -0.3 is 54.4 Å². The first-order valence-corrected chi connectivity index (χ1v) is 18.0. The number of aliphatic hydroxyl groups is 1. The van der Waals surface area contributed by atoms with Crippen molar-refractivity contribution in [2.45, 2.75) is 128 Å². The zero-order valence-corrected chi connectivity index (χ0v) is 31.2. The number of amides is 1. The molecule has 14 heteroatoms. The standard InChI is InChI=1S/C35H62N4O10/c1-11-26-35(7)29(38-33(43)49-35)22(5)37-14-19(2)13-34(6,44-10)30(20(3)27(40)21(4)31(42)47-26)48-32-28(41)25(39(8)9)12-24(46-32)16-36-15-23-17-45-18-23/h19-26,28-30,32,36-37,41H,11-18H2,1-10H3,(H,38,43)/t19-,20+,21?,22-,24?,25?,26-,28?,29-,30-,32+,34-,35-/m1/s1. The van der Waals surface area contributed by atoms with Crippen LogP contribution in [0.25, 0.3) is 0 Å². The second-order valence-electron chi connectivity index (χ2n) is 15.5. The lowest BCUT2D eigenvalue weighted by atomic mass is 9.78. The number of nitrogens with zero attached hydrogens (tertiary/aromatic N) is 1. The summed E-state index contributed by atoms with van der Waals surface area (Å²) < 4.78 is 36.4. The normalized spacial score (nSPS) is 43.1. The maximum absolute atomic E-state index is 14.2. The molecule has 49 heavy (non-hydrogen) atoms. The molecule has 4 fully saturated rings. The molecular weight excluding hydrogens is 636 g/mol. The molecule has 0 bridgehead atoms. The number of aliphatic hydroxyl groups excluding tert-OH is 1. The average Bonchev–Trinajstić information content (AvgIpc) is 3.35. The number of hydrogen-bond donors (Lipinski definition) is 4. The molecule has 0 aromatic heterocycles. The van der Waals surface area contributed by atoms with Gasteiger partial charge >= 0.3 is 12.1 Å². The van der Waals surface area contributed by atoms with Gasteiger partial charge in [0, 0.05) is 44.1 Å². The van der Waals surface area contributed by atoms with Crippen molar-refractivity contribution in [1.82, 2.24) is 20.9 Å². The number of esters is 1. The average molecular weight is 699 g/mol. The maximum Gasteiger partial charge on any atom is 0.408 e. The van der Waals surface area contributed by atoms with Crippen LogP contribution in [-0.4, -0.2) is 142 Å². The monoisotopic (exact) mass is 698 g/mol. The van der Waals surface area contributed by atoms with E-state index in [9.17, 15) is 19.5 Å². The number of ketones is 1. The quantitative estimate of drug-likeness (QED) is 0.202. The molecule has 4 saturated heterocycles.